The lowest BCUT2D eigenvalue weighted by atomic mass is 9.92. The van der Waals surface area contributed by atoms with Crippen LogP contribution in [0.5, 0.6) is 0 Å². The highest BCUT2D eigenvalue weighted by Crippen LogP contribution is 2.24. The molecule has 0 heterocycles. The summed E-state index contributed by atoms with van der Waals surface area (Å²) in [5.74, 6) is 0. The van der Waals surface area contributed by atoms with Crippen molar-refractivity contribution in [3.8, 4) is 0 Å². The van der Waals surface area contributed by atoms with E-state index in [2.05, 4.69) is 0 Å². The summed E-state index contributed by atoms with van der Waals surface area (Å²) < 4.78 is 40.5. The molecule has 0 saturated carbocycles. The van der Waals surface area contributed by atoms with E-state index in [1.807, 2.05) is 0 Å². The zero-order valence-electron chi connectivity index (χ0n) is 7.71. The van der Waals surface area contributed by atoms with Crippen LogP contribution in [0.3, 0.4) is 0 Å². The van der Waals surface area contributed by atoms with Gasteiger partial charge in [0, 0.05) is 0 Å². The average molecular weight is 207 g/mol. The van der Waals surface area contributed by atoms with Gasteiger partial charge in [0.05, 0.1) is 6.04 Å². The fourth-order valence-corrected chi connectivity index (χ4v) is 1.11. The van der Waals surface area contributed by atoms with Gasteiger partial charge in [-0.25, -0.2) is 0 Å². The van der Waals surface area contributed by atoms with E-state index in [0.29, 0.717) is 0 Å². The molecule has 0 aromatic rings. The summed E-state index contributed by atoms with van der Waals surface area (Å²) in [5, 5.41) is 0. The van der Waals surface area contributed by atoms with E-state index in [-0.39, 0.29) is 0 Å². The molecule has 0 spiro atoms. The lowest BCUT2D eigenvalue weighted by Crippen LogP contribution is -2.47. The van der Waals surface area contributed by atoms with Crippen molar-refractivity contribution in [3.05, 3.63) is 24.3 Å². The SMILES string of the molecule is CC1(OCC(F)(F)F)C=CC=CC1N. The summed E-state index contributed by atoms with van der Waals surface area (Å²) in [6, 6.07) is -0.546. The van der Waals surface area contributed by atoms with Crippen molar-refractivity contribution in [3.63, 3.8) is 0 Å². The second-order valence-electron chi connectivity index (χ2n) is 3.36. The molecule has 2 unspecified atom stereocenters. The van der Waals surface area contributed by atoms with E-state index in [1.54, 1.807) is 18.2 Å². The average Bonchev–Trinajstić information content (AvgIpc) is 2.06. The lowest BCUT2D eigenvalue weighted by Gasteiger charge is -2.32. The largest absolute Gasteiger partial charge is 0.411 e. The van der Waals surface area contributed by atoms with Gasteiger partial charge in [0.1, 0.15) is 12.2 Å². The van der Waals surface area contributed by atoms with Crippen LogP contribution in [-0.2, 0) is 4.74 Å². The van der Waals surface area contributed by atoms with Gasteiger partial charge >= 0.3 is 6.18 Å². The third-order valence-corrected chi connectivity index (χ3v) is 2.07. The molecule has 80 valence electrons. The Balaban J connectivity index is 2.58. The standard InChI is InChI=1S/C9H12F3NO/c1-8(14-6-9(10,11)12)5-3-2-4-7(8)13/h2-5,7H,6,13H2,1H3. The molecule has 0 fully saturated rings. The van der Waals surface area contributed by atoms with Crippen molar-refractivity contribution in [1.82, 2.24) is 0 Å². The third-order valence-electron chi connectivity index (χ3n) is 2.07. The molecule has 14 heavy (non-hydrogen) atoms. The molecule has 0 aromatic carbocycles. The van der Waals surface area contributed by atoms with Crippen LogP contribution in [0.25, 0.3) is 0 Å². The second kappa shape index (κ2) is 3.74. The zero-order chi connectivity index (χ0) is 10.8. The molecule has 0 aliphatic heterocycles. The van der Waals surface area contributed by atoms with Gasteiger partial charge in [0.2, 0.25) is 0 Å². The van der Waals surface area contributed by atoms with Crippen LogP contribution >= 0.6 is 0 Å². The molecular weight excluding hydrogens is 195 g/mol. The minimum atomic E-state index is -4.32. The third kappa shape index (κ3) is 2.85. The molecule has 0 aromatic heterocycles. The first-order valence-corrected chi connectivity index (χ1v) is 4.16. The van der Waals surface area contributed by atoms with Crippen molar-refractivity contribution >= 4 is 0 Å². The quantitative estimate of drug-likeness (QED) is 0.749. The summed E-state index contributed by atoms with van der Waals surface area (Å²) in [4.78, 5) is 0. The maximum atomic E-state index is 11.9. The fraction of sp³-hybridized carbons (Fsp3) is 0.556. The van der Waals surface area contributed by atoms with Gasteiger partial charge in [0.15, 0.2) is 0 Å². The van der Waals surface area contributed by atoms with Crippen LogP contribution in [0, 0.1) is 0 Å². The Labute approximate surface area is 80.2 Å². The Kier molecular flexibility index (Phi) is 3.01. The van der Waals surface area contributed by atoms with E-state index in [1.165, 1.54) is 13.0 Å². The summed E-state index contributed by atoms with van der Waals surface area (Å²) in [5.41, 5.74) is 4.55. The molecule has 0 bridgehead atoms. The first-order valence-electron chi connectivity index (χ1n) is 4.16. The van der Waals surface area contributed by atoms with Gasteiger partial charge < -0.3 is 10.5 Å². The Morgan fingerprint density at radius 2 is 2.07 bits per heavy atom. The first kappa shape index (κ1) is 11.3. The highest BCUT2D eigenvalue weighted by molar-refractivity contribution is 5.23. The Morgan fingerprint density at radius 1 is 1.43 bits per heavy atom. The van der Waals surface area contributed by atoms with Crippen molar-refractivity contribution in [2.24, 2.45) is 5.73 Å². The molecule has 0 radical (unpaired) electrons. The maximum absolute atomic E-state index is 11.9. The number of alkyl halides is 3. The van der Waals surface area contributed by atoms with Crippen molar-refractivity contribution < 1.29 is 17.9 Å². The van der Waals surface area contributed by atoms with Crippen LogP contribution in [0.4, 0.5) is 13.2 Å². The number of ether oxygens (including phenoxy) is 1. The molecule has 2 nitrogen and oxygen atoms in total. The van der Waals surface area contributed by atoms with Crippen LogP contribution in [-0.4, -0.2) is 24.4 Å². The molecule has 0 saturated heterocycles. The predicted molar refractivity (Wildman–Crippen MR) is 46.7 cm³/mol. The van der Waals surface area contributed by atoms with E-state index in [4.69, 9.17) is 10.5 Å². The molecule has 1 rings (SSSR count). The van der Waals surface area contributed by atoms with E-state index < -0.39 is 24.4 Å². The number of hydrogen-bond donors (Lipinski definition) is 1. The van der Waals surface area contributed by atoms with E-state index in [9.17, 15) is 13.2 Å². The number of rotatable bonds is 2. The normalized spacial score (nSPS) is 32.2. The lowest BCUT2D eigenvalue weighted by molar-refractivity contribution is -0.196. The van der Waals surface area contributed by atoms with Crippen molar-refractivity contribution in [1.29, 1.82) is 0 Å². The highest BCUT2D eigenvalue weighted by Gasteiger charge is 2.36. The number of hydrogen-bond acceptors (Lipinski definition) is 2. The number of nitrogens with two attached hydrogens (primary N) is 1. The maximum Gasteiger partial charge on any atom is 0.411 e. The Hall–Kier alpha value is -0.810. The van der Waals surface area contributed by atoms with E-state index >= 15 is 0 Å². The van der Waals surface area contributed by atoms with Gasteiger partial charge in [-0.2, -0.15) is 13.2 Å². The Morgan fingerprint density at radius 3 is 2.57 bits per heavy atom. The molecule has 2 atom stereocenters. The van der Waals surface area contributed by atoms with Crippen molar-refractivity contribution in [2.75, 3.05) is 6.61 Å². The Bertz CT molecular complexity index is 259. The van der Waals surface area contributed by atoms with Gasteiger partial charge in [-0.3, -0.25) is 0 Å². The summed E-state index contributed by atoms with van der Waals surface area (Å²) in [6.07, 6.45) is 2.13. The molecule has 1 aliphatic carbocycles. The molecule has 0 amide bonds. The number of halogens is 3. The molecule has 5 heteroatoms. The molecular formula is C9H12F3NO. The van der Waals surface area contributed by atoms with Gasteiger partial charge in [-0.05, 0) is 6.92 Å². The fourth-order valence-electron chi connectivity index (χ4n) is 1.11. The van der Waals surface area contributed by atoms with Crippen LogP contribution in [0.15, 0.2) is 24.3 Å². The summed E-state index contributed by atoms with van der Waals surface area (Å²) in [7, 11) is 0. The van der Waals surface area contributed by atoms with Crippen LogP contribution in [0.1, 0.15) is 6.92 Å². The van der Waals surface area contributed by atoms with Gasteiger partial charge in [-0.1, -0.05) is 24.3 Å². The minimum Gasteiger partial charge on any atom is -0.360 e. The zero-order valence-corrected chi connectivity index (χ0v) is 7.71. The van der Waals surface area contributed by atoms with Gasteiger partial charge in [-0.15, -0.1) is 0 Å². The highest BCUT2D eigenvalue weighted by atomic mass is 19.4. The minimum absolute atomic E-state index is 0.546. The molecule has 2 N–H and O–H groups in total. The predicted octanol–water partition coefficient (Wildman–Crippen LogP) is 1.78. The van der Waals surface area contributed by atoms with E-state index in [0.717, 1.165) is 0 Å². The topological polar surface area (TPSA) is 35.2 Å². The van der Waals surface area contributed by atoms with Crippen LogP contribution in [0.2, 0.25) is 0 Å². The van der Waals surface area contributed by atoms with Crippen molar-refractivity contribution in [2.45, 2.75) is 24.7 Å². The summed E-state index contributed by atoms with van der Waals surface area (Å²) in [6.45, 7) is 0.249. The smallest absolute Gasteiger partial charge is 0.360 e. The monoisotopic (exact) mass is 207 g/mol. The number of allylic oxidation sites excluding steroid dienone is 2. The molecule has 1 aliphatic rings. The second-order valence-corrected chi connectivity index (χ2v) is 3.36. The first-order chi connectivity index (χ1) is 6.33. The van der Waals surface area contributed by atoms with Gasteiger partial charge in [0.25, 0.3) is 0 Å². The van der Waals surface area contributed by atoms with Crippen LogP contribution < -0.4 is 5.73 Å². The summed E-state index contributed by atoms with van der Waals surface area (Å²) >= 11 is 0.